The van der Waals surface area contributed by atoms with E-state index < -0.39 is 30.5 Å². The predicted molar refractivity (Wildman–Crippen MR) is 72.7 cm³/mol. The topological polar surface area (TPSA) is 105 Å². The average molecular weight is 346 g/mol. The quantitative estimate of drug-likeness (QED) is 0.854. The van der Waals surface area contributed by atoms with Gasteiger partial charge in [0.2, 0.25) is 0 Å². The van der Waals surface area contributed by atoms with E-state index in [9.17, 15) is 22.8 Å². The molecule has 23 heavy (non-hydrogen) atoms. The molecule has 11 heteroatoms. The number of nitrogens with zero attached hydrogens (tertiary/aromatic N) is 3. The third kappa shape index (κ3) is 4.71. The van der Waals surface area contributed by atoms with Crippen molar-refractivity contribution in [3.63, 3.8) is 0 Å². The molecule has 1 atom stereocenters. The molecule has 2 aromatic rings. The molecular weight excluding hydrogens is 337 g/mol. The van der Waals surface area contributed by atoms with E-state index in [1.807, 2.05) is 0 Å². The van der Waals surface area contributed by atoms with Crippen LogP contribution in [0.4, 0.5) is 13.2 Å². The normalized spacial score (nSPS) is 12.7. The molecule has 1 unspecified atom stereocenters. The zero-order chi connectivity index (χ0) is 17.0. The van der Waals surface area contributed by atoms with Gasteiger partial charge in [0.25, 0.3) is 5.91 Å². The van der Waals surface area contributed by atoms with Crippen LogP contribution in [0.2, 0.25) is 0 Å². The Morgan fingerprint density at radius 2 is 2.09 bits per heavy atom. The van der Waals surface area contributed by atoms with Crippen LogP contribution in [0.25, 0.3) is 10.7 Å². The zero-order valence-corrected chi connectivity index (χ0v) is 12.1. The minimum absolute atomic E-state index is 0.191. The number of aromatic nitrogens is 3. The largest absolute Gasteiger partial charge is 0.480 e. The maximum Gasteiger partial charge on any atom is 0.391 e. The second-order valence-electron chi connectivity index (χ2n) is 4.31. The van der Waals surface area contributed by atoms with Crippen LogP contribution < -0.4 is 5.32 Å². The van der Waals surface area contributed by atoms with Gasteiger partial charge in [-0.25, -0.2) is 9.78 Å². The lowest BCUT2D eigenvalue weighted by molar-refractivity contribution is -0.157. The minimum Gasteiger partial charge on any atom is -0.480 e. The molecule has 122 valence electrons. The van der Waals surface area contributed by atoms with Crippen LogP contribution in [0, 0.1) is 0 Å². The smallest absolute Gasteiger partial charge is 0.391 e. The maximum absolute atomic E-state index is 12.3. The Labute approximate surface area is 131 Å². The van der Waals surface area contributed by atoms with Crippen LogP contribution in [-0.4, -0.2) is 44.2 Å². The first kappa shape index (κ1) is 16.8. The summed E-state index contributed by atoms with van der Waals surface area (Å²) in [4.78, 5) is 34.4. The van der Waals surface area contributed by atoms with Gasteiger partial charge in [-0.15, -0.1) is 11.3 Å². The molecule has 0 aliphatic rings. The summed E-state index contributed by atoms with van der Waals surface area (Å²) in [6, 6.07) is -2.08. The average Bonchev–Trinajstić information content (AvgIpc) is 2.96. The second kappa shape index (κ2) is 6.69. The molecule has 0 fully saturated rings. The van der Waals surface area contributed by atoms with Crippen molar-refractivity contribution in [2.45, 2.75) is 18.6 Å². The lowest BCUT2D eigenvalue weighted by atomic mass is 10.2. The molecule has 1 amide bonds. The molecule has 0 aliphatic heterocycles. The third-order valence-corrected chi connectivity index (χ3v) is 3.42. The van der Waals surface area contributed by atoms with Crippen molar-refractivity contribution >= 4 is 23.2 Å². The summed E-state index contributed by atoms with van der Waals surface area (Å²) in [5.41, 5.74) is 0.200. The highest BCUT2D eigenvalue weighted by atomic mass is 32.1. The van der Waals surface area contributed by atoms with Crippen molar-refractivity contribution in [1.29, 1.82) is 0 Å². The number of carboxylic acid groups (broad SMARTS) is 1. The predicted octanol–water partition coefficient (Wildman–Crippen LogP) is 1.74. The molecule has 0 saturated heterocycles. The number of thiazole rings is 1. The van der Waals surface area contributed by atoms with Gasteiger partial charge >= 0.3 is 12.1 Å². The maximum atomic E-state index is 12.3. The standard InChI is InChI=1S/C12H9F3N4O3S/c13-12(14,15)3-6(11(21)22)18-9(20)8-5-23-10(19-8)7-4-16-1-2-17-7/h1-2,4-6H,3H2,(H,18,20)(H,21,22). The SMILES string of the molecule is O=C(NC(CC(F)(F)F)C(=O)O)c1csc(-c2cnccn2)n1. The highest BCUT2D eigenvalue weighted by Crippen LogP contribution is 2.23. The number of carbonyl (C=O) groups is 2. The Hall–Kier alpha value is -2.56. The monoisotopic (exact) mass is 346 g/mol. The molecule has 7 nitrogen and oxygen atoms in total. The molecule has 2 aromatic heterocycles. The van der Waals surface area contributed by atoms with Gasteiger partial charge in [-0.2, -0.15) is 13.2 Å². The molecule has 0 saturated carbocycles. The van der Waals surface area contributed by atoms with Crippen molar-refractivity contribution in [1.82, 2.24) is 20.3 Å². The van der Waals surface area contributed by atoms with Crippen molar-refractivity contribution in [3.05, 3.63) is 29.7 Å². The number of nitrogens with one attached hydrogen (secondary N) is 1. The zero-order valence-electron chi connectivity index (χ0n) is 11.2. The van der Waals surface area contributed by atoms with E-state index in [-0.39, 0.29) is 5.69 Å². The lowest BCUT2D eigenvalue weighted by Gasteiger charge is -2.15. The summed E-state index contributed by atoms with van der Waals surface area (Å²) in [6.45, 7) is 0. The number of carboxylic acids is 1. The van der Waals surface area contributed by atoms with Gasteiger partial charge in [-0.3, -0.25) is 14.8 Å². The summed E-state index contributed by atoms with van der Waals surface area (Å²) in [7, 11) is 0. The summed E-state index contributed by atoms with van der Waals surface area (Å²) < 4.78 is 36.9. The number of rotatable bonds is 5. The molecular formula is C12H9F3N4O3S. The molecule has 0 spiro atoms. The number of alkyl halides is 3. The first-order chi connectivity index (χ1) is 10.8. The molecule has 2 rings (SSSR count). The van der Waals surface area contributed by atoms with E-state index in [2.05, 4.69) is 15.0 Å². The first-order valence-corrected chi connectivity index (χ1v) is 6.96. The van der Waals surface area contributed by atoms with E-state index >= 15 is 0 Å². The van der Waals surface area contributed by atoms with Gasteiger partial charge in [-0.1, -0.05) is 0 Å². The number of aliphatic carboxylic acids is 1. The van der Waals surface area contributed by atoms with Crippen molar-refractivity contribution in [2.24, 2.45) is 0 Å². The van der Waals surface area contributed by atoms with Gasteiger partial charge in [0, 0.05) is 17.8 Å². The van der Waals surface area contributed by atoms with Crippen LogP contribution in [0.1, 0.15) is 16.9 Å². The van der Waals surface area contributed by atoms with E-state index in [1.54, 1.807) is 5.32 Å². The Morgan fingerprint density at radius 3 is 2.65 bits per heavy atom. The lowest BCUT2D eigenvalue weighted by Crippen LogP contribution is -2.43. The fourth-order valence-corrected chi connectivity index (χ4v) is 2.33. The fraction of sp³-hybridized carbons (Fsp3) is 0.250. The highest BCUT2D eigenvalue weighted by Gasteiger charge is 2.36. The molecule has 0 radical (unpaired) electrons. The Balaban J connectivity index is 2.11. The fourth-order valence-electron chi connectivity index (χ4n) is 1.57. The third-order valence-electron chi connectivity index (χ3n) is 2.56. The summed E-state index contributed by atoms with van der Waals surface area (Å²) in [5.74, 6) is -2.78. The number of carbonyl (C=O) groups excluding carboxylic acids is 1. The molecule has 0 bridgehead atoms. The van der Waals surface area contributed by atoms with E-state index in [1.165, 1.54) is 24.0 Å². The first-order valence-electron chi connectivity index (χ1n) is 6.08. The van der Waals surface area contributed by atoms with Crippen molar-refractivity contribution in [3.8, 4) is 10.7 Å². The van der Waals surface area contributed by atoms with Crippen LogP contribution in [0.5, 0.6) is 0 Å². The Kier molecular flexibility index (Phi) is 4.89. The van der Waals surface area contributed by atoms with E-state index in [0.717, 1.165) is 11.3 Å². The van der Waals surface area contributed by atoms with Crippen LogP contribution >= 0.6 is 11.3 Å². The molecule has 0 aromatic carbocycles. The van der Waals surface area contributed by atoms with Gasteiger partial charge in [0.15, 0.2) is 0 Å². The highest BCUT2D eigenvalue weighted by molar-refractivity contribution is 7.13. The van der Waals surface area contributed by atoms with Gasteiger partial charge in [0.05, 0.1) is 12.6 Å². The van der Waals surface area contributed by atoms with Gasteiger partial charge in [-0.05, 0) is 0 Å². The Morgan fingerprint density at radius 1 is 1.35 bits per heavy atom. The summed E-state index contributed by atoms with van der Waals surface area (Å²) in [5, 5.41) is 12.2. The number of hydrogen-bond donors (Lipinski definition) is 2. The van der Waals surface area contributed by atoms with Crippen molar-refractivity contribution in [2.75, 3.05) is 0 Å². The number of halogens is 3. The Bertz CT molecular complexity index is 705. The molecule has 2 heterocycles. The van der Waals surface area contributed by atoms with Gasteiger partial charge in [0.1, 0.15) is 22.4 Å². The minimum atomic E-state index is -4.72. The summed E-state index contributed by atoms with van der Waals surface area (Å²) in [6.07, 6.45) is -2.12. The van der Waals surface area contributed by atoms with Crippen LogP contribution in [-0.2, 0) is 4.79 Å². The van der Waals surface area contributed by atoms with Crippen LogP contribution in [0.3, 0.4) is 0 Å². The number of hydrogen-bond acceptors (Lipinski definition) is 6. The van der Waals surface area contributed by atoms with Gasteiger partial charge < -0.3 is 10.4 Å². The number of amides is 1. The second-order valence-corrected chi connectivity index (χ2v) is 5.17. The van der Waals surface area contributed by atoms with E-state index in [4.69, 9.17) is 5.11 Å². The molecule has 0 aliphatic carbocycles. The summed E-state index contributed by atoms with van der Waals surface area (Å²) >= 11 is 1.04. The molecule has 2 N–H and O–H groups in total. The van der Waals surface area contributed by atoms with Crippen molar-refractivity contribution < 1.29 is 27.9 Å². The van der Waals surface area contributed by atoms with E-state index in [0.29, 0.717) is 10.7 Å². The van der Waals surface area contributed by atoms with Crippen LogP contribution in [0.15, 0.2) is 24.0 Å².